The van der Waals surface area contributed by atoms with Gasteiger partial charge in [0.1, 0.15) is 16.6 Å². The monoisotopic (exact) mass is 410 g/mol. The van der Waals surface area contributed by atoms with Crippen LogP contribution in [0.3, 0.4) is 0 Å². The van der Waals surface area contributed by atoms with E-state index in [1.807, 2.05) is 36.4 Å². The van der Waals surface area contributed by atoms with Gasteiger partial charge >= 0.3 is 0 Å². The van der Waals surface area contributed by atoms with Crippen molar-refractivity contribution in [1.29, 1.82) is 0 Å². The molecular weight excluding hydrogens is 395 g/mol. The minimum atomic E-state index is -0.0912. The van der Waals surface area contributed by atoms with Gasteiger partial charge in [-0.15, -0.1) is 0 Å². The normalized spacial score (nSPS) is 10.9. The molecule has 4 rings (SSSR count). The Balaban J connectivity index is 1.46. The molecule has 0 atom stereocenters. The van der Waals surface area contributed by atoms with Crippen molar-refractivity contribution >= 4 is 45.8 Å². The molecule has 0 aliphatic rings. The van der Waals surface area contributed by atoms with Gasteiger partial charge in [0.25, 0.3) is 0 Å². The molecule has 0 aliphatic carbocycles. The van der Waals surface area contributed by atoms with E-state index in [9.17, 15) is 4.79 Å². The van der Waals surface area contributed by atoms with Crippen molar-refractivity contribution in [2.45, 2.75) is 13.0 Å². The lowest BCUT2D eigenvalue weighted by atomic mass is 10.0. The summed E-state index contributed by atoms with van der Waals surface area (Å²) < 4.78 is 0. The Kier molecular flexibility index (Phi) is 5.28. The molecule has 0 bridgehead atoms. The first kappa shape index (κ1) is 18.5. The van der Waals surface area contributed by atoms with Gasteiger partial charge in [0, 0.05) is 35.8 Å². The van der Waals surface area contributed by atoms with Crippen molar-refractivity contribution in [3.63, 3.8) is 0 Å². The molecule has 0 saturated carbocycles. The van der Waals surface area contributed by atoms with E-state index in [0.717, 1.165) is 22.2 Å². The van der Waals surface area contributed by atoms with Crippen LogP contribution in [0, 0.1) is 0 Å². The van der Waals surface area contributed by atoms with Crippen LogP contribution in [-0.4, -0.2) is 20.7 Å². The Bertz CT molecular complexity index is 1140. The number of pyridine rings is 2. The molecule has 0 fully saturated rings. The standard InChI is InChI=1S/C21H16Cl2N4O/c22-15-5-3-13(4-6-15)11-25-19-8-7-17(20(23)27-19)18(28)10-14-12-26-21-16(14)2-1-9-24-21/h1-9,12H,10-11H2,(H,24,26)(H,25,27). The van der Waals surface area contributed by atoms with Gasteiger partial charge in [-0.1, -0.05) is 35.3 Å². The summed E-state index contributed by atoms with van der Waals surface area (Å²) in [4.78, 5) is 24.3. The number of nitrogens with one attached hydrogen (secondary N) is 2. The lowest BCUT2D eigenvalue weighted by Crippen LogP contribution is -2.07. The predicted octanol–water partition coefficient (Wildman–Crippen LogP) is 5.30. The van der Waals surface area contributed by atoms with E-state index in [0.29, 0.717) is 22.9 Å². The van der Waals surface area contributed by atoms with E-state index in [1.165, 1.54) is 0 Å². The second kappa shape index (κ2) is 8.00. The fourth-order valence-electron chi connectivity index (χ4n) is 2.96. The first-order chi connectivity index (χ1) is 13.6. The SMILES string of the molecule is O=C(Cc1c[nH]c2ncccc12)c1ccc(NCc2ccc(Cl)cc2)nc1Cl. The van der Waals surface area contributed by atoms with Crippen molar-refractivity contribution in [3.8, 4) is 0 Å². The third-order valence-electron chi connectivity index (χ3n) is 4.42. The Morgan fingerprint density at radius 1 is 1.07 bits per heavy atom. The molecule has 140 valence electrons. The number of Topliss-reactive ketones (excluding diaryl/α,β-unsaturated/α-hetero) is 1. The number of fused-ring (bicyclic) bond motifs is 1. The molecule has 4 aromatic rings. The third-order valence-corrected chi connectivity index (χ3v) is 4.96. The Labute approximate surface area is 171 Å². The molecule has 0 spiro atoms. The molecule has 3 heterocycles. The topological polar surface area (TPSA) is 70.7 Å². The number of aromatic nitrogens is 3. The van der Waals surface area contributed by atoms with Gasteiger partial charge in [-0.3, -0.25) is 4.79 Å². The highest BCUT2D eigenvalue weighted by Gasteiger charge is 2.15. The molecule has 2 N–H and O–H groups in total. The second-order valence-electron chi connectivity index (χ2n) is 6.33. The molecule has 0 aliphatic heterocycles. The highest BCUT2D eigenvalue weighted by molar-refractivity contribution is 6.33. The van der Waals surface area contributed by atoms with Gasteiger partial charge in [0.15, 0.2) is 5.78 Å². The zero-order valence-corrected chi connectivity index (χ0v) is 16.3. The van der Waals surface area contributed by atoms with Crippen LogP contribution >= 0.6 is 23.2 Å². The summed E-state index contributed by atoms with van der Waals surface area (Å²) in [5.74, 6) is 0.513. The summed E-state index contributed by atoms with van der Waals surface area (Å²) >= 11 is 12.2. The highest BCUT2D eigenvalue weighted by atomic mass is 35.5. The van der Waals surface area contributed by atoms with Crippen molar-refractivity contribution in [2.24, 2.45) is 0 Å². The number of ketones is 1. The van der Waals surface area contributed by atoms with Gasteiger partial charge in [-0.2, -0.15) is 0 Å². The zero-order chi connectivity index (χ0) is 19.5. The average molecular weight is 411 g/mol. The summed E-state index contributed by atoms with van der Waals surface area (Å²) in [6.45, 7) is 0.579. The van der Waals surface area contributed by atoms with E-state index in [-0.39, 0.29) is 17.4 Å². The summed E-state index contributed by atoms with van der Waals surface area (Å²) in [6.07, 6.45) is 3.74. The summed E-state index contributed by atoms with van der Waals surface area (Å²) in [5, 5.41) is 5.00. The number of halogens is 2. The fourth-order valence-corrected chi connectivity index (χ4v) is 3.35. The summed E-state index contributed by atoms with van der Waals surface area (Å²) in [5.41, 5.74) is 3.11. The van der Waals surface area contributed by atoms with Crippen LogP contribution in [0.15, 0.2) is 60.9 Å². The Morgan fingerprint density at radius 2 is 1.89 bits per heavy atom. The number of aromatic amines is 1. The number of hydrogen-bond acceptors (Lipinski definition) is 4. The van der Waals surface area contributed by atoms with E-state index in [1.54, 1.807) is 24.5 Å². The first-order valence-electron chi connectivity index (χ1n) is 8.69. The number of carbonyl (C=O) groups is 1. The van der Waals surface area contributed by atoms with E-state index >= 15 is 0 Å². The van der Waals surface area contributed by atoms with Crippen LogP contribution in [0.25, 0.3) is 11.0 Å². The largest absolute Gasteiger partial charge is 0.366 e. The number of benzene rings is 1. The number of nitrogens with zero attached hydrogens (tertiary/aromatic N) is 2. The van der Waals surface area contributed by atoms with E-state index in [4.69, 9.17) is 23.2 Å². The lowest BCUT2D eigenvalue weighted by Gasteiger charge is -2.08. The molecule has 0 unspecified atom stereocenters. The van der Waals surface area contributed by atoms with Crippen LogP contribution in [-0.2, 0) is 13.0 Å². The van der Waals surface area contributed by atoms with Crippen molar-refractivity contribution in [1.82, 2.24) is 15.0 Å². The molecular formula is C21H16Cl2N4O. The number of anilines is 1. The summed E-state index contributed by atoms with van der Waals surface area (Å²) in [6, 6.07) is 14.8. The van der Waals surface area contributed by atoms with Gasteiger partial charge in [0.05, 0.1) is 5.56 Å². The molecule has 28 heavy (non-hydrogen) atoms. The van der Waals surface area contributed by atoms with Crippen LogP contribution in [0.4, 0.5) is 5.82 Å². The number of hydrogen-bond donors (Lipinski definition) is 2. The minimum absolute atomic E-state index is 0.0912. The van der Waals surface area contributed by atoms with Gasteiger partial charge < -0.3 is 10.3 Å². The highest BCUT2D eigenvalue weighted by Crippen LogP contribution is 2.22. The van der Waals surface area contributed by atoms with E-state index < -0.39 is 0 Å². The smallest absolute Gasteiger partial charge is 0.170 e. The van der Waals surface area contributed by atoms with E-state index in [2.05, 4.69) is 20.3 Å². The molecule has 0 saturated heterocycles. The van der Waals surface area contributed by atoms with Gasteiger partial charge in [0.2, 0.25) is 0 Å². The van der Waals surface area contributed by atoms with Crippen LogP contribution in [0.2, 0.25) is 10.2 Å². The van der Waals surface area contributed by atoms with Crippen LogP contribution in [0.1, 0.15) is 21.5 Å². The maximum atomic E-state index is 12.7. The van der Waals surface area contributed by atoms with Crippen LogP contribution in [0.5, 0.6) is 0 Å². The number of carbonyl (C=O) groups excluding carboxylic acids is 1. The van der Waals surface area contributed by atoms with Crippen molar-refractivity contribution in [3.05, 3.63) is 87.8 Å². The lowest BCUT2D eigenvalue weighted by molar-refractivity contribution is 0.0993. The van der Waals surface area contributed by atoms with Gasteiger partial charge in [-0.05, 0) is 47.5 Å². The maximum absolute atomic E-state index is 12.7. The Hall–Kier alpha value is -2.89. The second-order valence-corrected chi connectivity index (χ2v) is 7.12. The van der Waals surface area contributed by atoms with Gasteiger partial charge in [-0.25, -0.2) is 9.97 Å². The first-order valence-corrected chi connectivity index (χ1v) is 9.45. The number of H-pyrrole nitrogens is 1. The molecule has 0 radical (unpaired) electrons. The van der Waals surface area contributed by atoms with Crippen molar-refractivity contribution < 1.29 is 4.79 Å². The maximum Gasteiger partial charge on any atom is 0.170 e. The average Bonchev–Trinajstić information content (AvgIpc) is 3.10. The number of rotatable bonds is 6. The third kappa shape index (κ3) is 4.01. The molecule has 1 aromatic carbocycles. The minimum Gasteiger partial charge on any atom is -0.366 e. The fraction of sp³-hybridized carbons (Fsp3) is 0.0952. The Morgan fingerprint density at radius 3 is 2.68 bits per heavy atom. The van der Waals surface area contributed by atoms with Crippen molar-refractivity contribution in [2.75, 3.05) is 5.32 Å². The predicted molar refractivity (Wildman–Crippen MR) is 112 cm³/mol. The summed E-state index contributed by atoms with van der Waals surface area (Å²) in [7, 11) is 0. The molecule has 5 nitrogen and oxygen atoms in total. The molecule has 0 amide bonds. The molecule has 3 aromatic heterocycles. The zero-order valence-electron chi connectivity index (χ0n) is 14.7. The quantitative estimate of drug-likeness (QED) is 0.334. The molecule has 7 heteroatoms. The van der Waals surface area contributed by atoms with Crippen LogP contribution < -0.4 is 5.32 Å².